The third-order valence-electron chi connectivity index (χ3n) is 2.94. The minimum Gasteiger partial charge on any atom is -0.201 e. The lowest BCUT2D eigenvalue weighted by atomic mass is 9.84. The van der Waals surface area contributed by atoms with Crippen molar-refractivity contribution in [3.63, 3.8) is 0 Å². The van der Waals surface area contributed by atoms with E-state index in [0.717, 1.165) is 5.56 Å². The molecule has 0 spiro atoms. The maximum absolute atomic E-state index is 13.7. The molecule has 0 aliphatic heterocycles. The van der Waals surface area contributed by atoms with E-state index in [9.17, 15) is 8.78 Å². The van der Waals surface area contributed by atoms with Crippen LogP contribution in [0.4, 0.5) is 8.78 Å². The first-order valence-corrected chi connectivity index (χ1v) is 5.68. The van der Waals surface area contributed by atoms with E-state index in [1.165, 1.54) is 6.92 Å². The zero-order valence-corrected chi connectivity index (χ0v) is 10.7. The lowest BCUT2D eigenvalue weighted by Gasteiger charge is -2.23. The predicted octanol–water partition coefficient (Wildman–Crippen LogP) is 4.79. The van der Waals surface area contributed by atoms with Gasteiger partial charge in [0.05, 0.1) is 0 Å². The normalized spacial score (nSPS) is 12.9. The summed E-state index contributed by atoms with van der Waals surface area (Å²) in [5, 5.41) is 0. The van der Waals surface area contributed by atoms with E-state index in [1.807, 2.05) is 26.8 Å². The van der Waals surface area contributed by atoms with Crippen LogP contribution < -0.4 is 0 Å². The average molecular weight is 226 g/mol. The summed E-state index contributed by atoms with van der Waals surface area (Å²) in [7, 11) is 0. The predicted molar refractivity (Wildman–Crippen MR) is 64.1 cm³/mol. The quantitative estimate of drug-likeness (QED) is 0.680. The van der Waals surface area contributed by atoms with Crippen molar-refractivity contribution in [1.82, 2.24) is 0 Å². The summed E-state index contributed by atoms with van der Waals surface area (Å²) < 4.78 is 27.4. The van der Waals surface area contributed by atoms with Crippen LogP contribution in [0.1, 0.15) is 50.8 Å². The molecule has 0 unspecified atom stereocenters. The van der Waals surface area contributed by atoms with Crippen LogP contribution in [-0.2, 0) is 11.3 Å². The number of rotatable bonds is 2. The van der Waals surface area contributed by atoms with E-state index in [-0.39, 0.29) is 17.4 Å². The number of halogens is 2. The van der Waals surface area contributed by atoms with Gasteiger partial charge in [-0.15, -0.1) is 0 Å². The molecule has 0 amide bonds. The van der Waals surface area contributed by atoms with Crippen molar-refractivity contribution in [1.29, 1.82) is 0 Å². The molecule has 0 saturated heterocycles. The minimum absolute atomic E-state index is 0.0910. The Morgan fingerprint density at radius 1 is 1.12 bits per heavy atom. The Hall–Kier alpha value is -0.920. The lowest BCUT2D eigenvalue weighted by Crippen LogP contribution is -2.17. The Kier molecular flexibility index (Phi) is 3.41. The van der Waals surface area contributed by atoms with E-state index in [0.29, 0.717) is 5.56 Å². The maximum Gasteiger partial charge on any atom is 0.273 e. The molecule has 0 saturated carbocycles. The van der Waals surface area contributed by atoms with Gasteiger partial charge >= 0.3 is 0 Å². The SMILES string of the molecule is CCC(F)(F)c1cc(C(C)(C)C)ccc1C. The smallest absolute Gasteiger partial charge is 0.201 e. The number of alkyl halides is 2. The Labute approximate surface area is 96.7 Å². The van der Waals surface area contributed by atoms with Gasteiger partial charge in [0.15, 0.2) is 0 Å². The largest absolute Gasteiger partial charge is 0.273 e. The number of hydrogen-bond donors (Lipinski definition) is 0. The number of aryl methyl sites for hydroxylation is 1. The van der Waals surface area contributed by atoms with Crippen LogP contribution in [0, 0.1) is 6.92 Å². The first-order chi connectivity index (χ1) is 7.18. The molecule has 0 aromatic heterocycles. The van der Waals surface area contributed by atoms with Crippen molar-refractivity contribution in [3.05, 3.63) is 34.9 Å². The van der Waals surface area contributed by atoms with Gasteiger partial charge in [-0.2, -0.15) is 0 Å². The zero-order valence-electron chi connectivity index (χ0n) is 10.7. The topological polar surface area (TPSA) is 0 Å². The van der Waals surface area contributed by atoms with Gasteiger partial charge in [-0.3, -0.25) is 0 Å². The Morgan fingerprint density at radius 2 is 1.69 bits per heavy atom. The molecule has 2 heteroatoms. The second kappa shape index (κ2) is 4.15. The van der Waals surface area contributed by atoms with Crippen molar-refractivity contribution < 1.29 is 8.78 Å². The van der Waals surface area contributed by atoms with Crippen LogP contribution in [0.5, 0.6) is 0 Å². The fourth-order valence-corrected chi connectivity index (χ4v) is 1.67. The van der Waals surface area contributed by atoms with Gasteiger partial charge < -0.3 is 0 Å². The molecule has 1 rings (SSSR count). The van der Waals surface area contributed by atoms with E-state index in [2.05, 4.69) is 0 Å². The molecule has 0 fully saturated rings. The summed E-state index contributed by atoms with van der Waals surface area (Å²) in [5.74, 6) is -2.72. The van der Waals surface area contributed by atoms with Crippen LogP contribution in [0.15, 0.2) is 18.2 Å². The van der Waals surface area contributed by atoms with Crippen molar-refractivity contribution in [2.75, 3.05) is 0 Å². The van der Waals surface area contributed by atoms with E-state index in [1.54, 1.807) is 19.1 Å². The number of benzene rings is 1. The monoisotopic (exact) mass is 226 g/mol. The second-order valence-electron chi connectivity index (χ2n) is 5.34. The third kappa shape index (κ3) is 2.60. The van der Waals surface area contributed by atoms with Crippen LogP contribution in [0.3, 0.4) is 0 Å². The van der Waals surface area contributed by atoms with Gasteiger partial charge in [0, 0.05) is 12.0 Å². The highest BCUT2D eigenvalue weighted by atomic mass is 19.3. The third-order valence-corrected chi connectivity index (χ3v) is 2.94. The highest BCUT2D eigenvalue weighted by molar-refractivity contribution is 5.37. The Balaban J connectivity index is 3.30. The lowest BCUT2D eigenvalue weighted by molar-refractivity contribution is -0.00900. The molecule has 0 radical (unpaired) electrons. The fraction of sp³-hybridized carbons (Fsp3) is 0.571. The van der Waals surface area contributed by atoms with Crippen molar-refractivity contribution in [2.45, 2.75) is 52.4 Å². The van der Waals surface area contributed by atoms with Crippen LogP contribution >= 0.6 is 0 Å². The van der Waals surface area contributed by atoms with Gasteiger partial charge in [0.2, 0.25) is 0 Å². The summed E-state index contributed by atoms with van der Waals surface area (Å²) in [4.78, 5) is 0. The van der Waals surface area contributed by atoms with Gasteiger partial charge in [-0.05, 0) is 29.5 Å². The van der Waals surface area contributed by atoms with Gasteiger partial charge in [0.25, 0.3) is 5.92 Å². The van der Waals surface area contributed by atoms with Crippen LogP contribution in [0.25, 0.3) is 0 Å². The molecular formula is C14H20F2. The molecule has 1 aromatic carbocycles. The molecular weight excluding hydrogens is 206 g/mol. The first-order valence-electron chi connectivity index (χ1n) is 5.68. The molecule has 16 heavy (non-hydrogen) atoms. The number of hydrogen-bond acceptors (Lipinski definition) is 0. The molecule has 0 atom stereocenters. The van der Waals surface area contributed by atoms with Crippen LogP contribution in [0.2, 0.25) is 0 Å². The Bertz CT molecular complexity index is 373. The summed E-state index contributed by atoms with van der Waals surface area (Å²) in [6.45, 7) is 9.36. The van der Waals surface area contributed by atoms with Gasteiger partial charge in [-0.1, -0.05) is 39.8 Å². The fourth-order valence-electron chi connectivity index (χ4n) is 1.67. The molecule has 90 valence electrons. The van der Waals surface area contributed by atoms with E-state index >= 15 is 0 Å². The standard InChI is InChI=1S/C14H20F2/c1-6-14(15,16)12-9-11(13(3,4)5)8-7-10(12)2/h7-9H,6H2,1-5H3. The molecule has 0 heterocycles. The highest BCUT2D eigenvalue weighted by Gasteiger charge is 2.31. The molecule has 0 bridgehead atoms. The molecule has 0 aliphatic carbocycles. The summed E-state index contributed by atoms with van der Waals surface area (Å²) in [6.07, 6.45) is -0.151. The maximum atomic E-state index is 13.7. The van der Waals surface area contributed by atoms with Gasteiger partial charge in [-0.25, -0.2) is 8.78 Å². The van der Waals surface area contributed by atoms with E-state index < -0.39 is 5.92 Å². The average Bonchev–Trinajstić information content (AvgIpc) is 2.16. The van der Waals surface area contributed by atoms with Crippen molar-refractivity contribution >= 4 is 0 Å². The summed E-state index contributed by atoms with van der Waals surface area (Å²) in [5.41, 5.74) is 1.70. The van der Waals surface area contributed by atoms with E-state index in [4.69, 9.17) is 0 Å². The van der Waals surface area contributed by atoms with Crippen LogP contribution in [-0.4, -0.2) is 0 Å². The van der Waals surface area contributed by atoms with Crippen molar-refractivity contribution in [3.8, 4) is 0 Å². The Morgan fingerprint density at radius 3 is 2.12 bits per heavy atom. The molecule has 0 nitrogen and oxygen atoms in total. The summed E-state index contributed by atoms with van der Waals surface area (Å²) in [6, 6.07) is 5.38. The van der Waals surface area contributed by atoms with Crippen molar-refractivity contribution in [2.24, 2.45) is 0 Å². The van der Waals surface area contributed by atoms with Gasteiger partial charge in [0.1, 0.15) is 0 Å². The minimum atomic E-state index is -2.72. The summed E-state index contributed by atoms with van der Waals surface area (Å²) >= 11 is 0. The zero-order chi connectivity index (χ0) is 12.6. The highest BCUT2D eigenvalue weighted by Crippen LogP contribution is 2.36. The molecule has 0 aliphatic rings. The second-order valence-corrected chi connectivity index (χ2v) is 5.34. The molecule has 0 N–H and O–H groups in total. The first kappa shape index (κ1) is 13.1. The molecule has 1 aromatic rings.